The average Bonchev–Trinajstić information content (AvgIpc) is 2.54. The molecular weight excluding hydrogens is 322 g/mol. The first-order valence-corrected chi connectivity index (χ1v) is 12.5. The molecule has 128 valence electrons. The molecule has 1 aromatic carbocycles. The zero-order valence-electron chi connectivity index (χ0n) is 14.6. The molecule has 0 aromatic heterocycles. The second-order valence-corrected chi connectivity index (χ2v) is 6.90. The van der Waals surface area contributed by atoms with Crippen LogP contribution in [-0.2, 0) is 11.2 Å². The molecular formula is C17H29NO3Si2. The largest absolute Gasteiger partial charge is 0.547 e. The highest BCUT2D eigenvalue weighted by atomic mass is 28.2. The monoisotopic (exact) mass is 351 g/mol. The van der Waals surface area contributed by atoms with Gasteiger partial charge in [-0.2, -0.15) is 0 Å². The quantitative estimate of drug-likeness (QED) is 0.491. The van der Waals surface area contributed by atoms with Gasteiger partial charge >= 0.3 is 0 Å². The number of benzene rings is 1. The van der Waals surface area contributed by atoms with Crippen LogP contribution in [0.1, 0.15) is 31.7 Å². The zero-order valence-corrected chi connectivity index (χ0v) is 17.4. The third-order valence-electron chi connectivity index (χ3n) is 3.28. The molecule has 0 bridgehead atoms. The molecule has 6 heteroatoms. The smallest absolute Gasteiger partial charge is 0.220 e. The lowest BCUT2D eigenvalue weighted by atomic mass is 10.1. The van der Waals surface area contributed by atoms with Crippen molar-refractivity contribution in [2.75, 3.05) is 6.54 Å². The number of nitrogens with one attached hydrogen (secondary N) is 1. The Bertz CT molecular complexity index is 507. The first-order chi connectivity index (χ1) is 11.2. The van der Waals surface area contributed by atoms with E-state index in [9.17, 15) is 4.79 Å². The van der Waals surface area contributed by atoms with E-state index >= 15 is 0 Å². The van der Waals surface area contributed by atoms with Crippen LogP contribution in [0.2, 0.25) is 13.1 Å². The minimum Gasteiger partial charge on any atom is -0.547 e. The van der Waals surface area contributed by atoms with E-state index in [0.29, 0.717) is 13.0 Å². The van der Waals surface area contributed by atoms with E-state index in [0.717, 1.165) is 30.8 Å². The Balaban J connectivity index is 2.43. The number of hydrogen-bond acceptors (Lipinski definition) is 3. The van der Waals surface area contributed by atoms with Crippen LogP contribution in [0.3, 0.4) is 0 Å². The molecule has 0 radical (unpaired) electrons. The van der Waals surface area contributed by atoms with E-state index in [1.807, 2.05) is 12.1 Å². The highest BCUT2D eigenvalue weighted by molar-refractivity contribution is 6.27. The van der Waals surface area contributed by atoms with Gasteiger partial charge in [-0.3, -0.25) is 4.79 Å². The van der Waals surface area contributed by atoms with Gasteiger partial charge in [0.25, 0.3) is 0 Å². The second-order valence-electron chi connectivity index (χ2n) is 5.17. The van der Waals surface area contributed by atoms with E-state index in [2.05, 4.69) is 43.6 Å². The molecule has 0 aliphatic heterocycles. The van der Waals surface area contributed by atoms with Crippen LogP contribution in [0.5, 0.6) is 11.5 Å². The summed E-state index contributed by atoms with van der Waals surface area (Å²) in [6, 6.07) is 6.09. The van der Waals surface area contributed by atoms with Crippen molar-refractivity contribution in [1.82, 2.24) is 5.32 Å². The number of allylic oxidation sites excluding steroid dienone is 2. The molecule has 0 saturated carbocycles. The molecule has 1 rings (SSSR count). The summed E-state index contributed by atoms with van der Waals surface area (Å²) in [5.41, 5.74) is 1.17. The lowest BCUT2D eigenvalue weighted by Crippen LogP contribution is -2.25. The van der Waals surface area contributed by atoms with Crippen LogP contribution in [0, 0.1) is 0 Å². The zero-order chi connectivity index (χ0) is 16.9. The van der Waals surface area contributed by atoms with E-state index in [1.54, 1.807) is 0 Å². The Kier molecular flexibility index (Phi) is 10.1. The maximum absolute atomic E-state index is 11.7. The molecule has 0 aliphatic rings. The van der Waals surface area contributed by atoms with Gasteiger partial charge in [-0.25, -0.2) is 0 Å². The van der Waals surface area contributed by atoms with Crippen LogP contribution in [-0.4, -0.2) is 32.0 Å². The van der Waals surface area contributed by atoms with E-state index in [4.69, 9.17) is 8.85 Å². The Morgan fingerprint density at radius 1 is 1.17 bits per heavy atom. The Labute approximate surface area is 144 Å². The summed E-state index contributed by atoms with van der Waals surface area (Å²) in [5.74, 6) is 1.84. The maximum atomic E-state index is 11.7. The third kappa shape index (κ3) is 8.04. The Morgan fingerprint density at radius 3 is 2.61 bits per heavy atom. The van der Waals surface area contributed by atoms with Crippen LogP contribution in [0.25, 0.3) is 0 Å². The minimum atomic E-state index is -0.526. The van der Waals surface area contributed by atoms with Gasteiger partial charge in [-0.15, -0.1) is 0 Å². The van der Waals surface area contributed by atoms with Crippen molar-refractivity contribution in [3.8, 4) is 11.5 Å². The summed E-state index contributed by atoms with van der Waals surface area (Å²) in [5, 5.41) is 2.97. The molecule has 1 amide bonds. The number of rotatable bonds is 11. The van der Waals surface area contributed by atoms with E-state index in [-0.39, 0.29) is 5.91 Å². The number of carbonyl (C=O) groups is 1. The summed E-state index contributed by atoms with van der Waals surface area (Å²) >= 11 is 0. The second kappa shape index (κ2) is 12.0. The van der Waals surface area contributed by atoms with Crippen molar-refractivity contribution < 1.29 is 13.6 Å². The normalized spacial score (nSPS) is 11.8. The van der Waals surface area contributed by atoms with Crippen LogP contribution >= 0.6 is 0 Å². The van der Waals surface area contributed by atoms with Gasteiger partial charge in [-0.05, 0) is 50.1 Å². The standard InChI is InChI=1S/C17H29NO3Si2/c1-4-5-6-7-8-17(19)18-12-11-14-9-10-15(20-22-2)16(13-14)21-23-3/h5-6,9-10,13H,4,7-8,11-12,22-23H2,1-3H3,(H,18,19). The minimum absolute atomic E-state index is 0.111. The predicted molar refractivity (Wildman–Crippen MR) is 102 cm³/mol. The third-order valence-corrected chi connectivity index (χ3v) is 4.48. The molecule has 23 heavy (non-hydrogen) atoms. The fourth-order valence-corrected chi connectivity index (χ4v) is 3.27. The SMILES string of the molecule is CCC=CCCC(=O)NCCc1ccc(O[SiH2]C)c(O[SiH2]C)c1. The fourth-order valence-electron chi connectivity index (χ4n) is 2.18. The highest BCUT2D eigenvalue weighted by Gasteiger charge is 2.06. The lowest BCUT2D eigenvalue weighted by Gasteiger charge is -2.13. The molecule has 1 N–H and O–H groups in total. The molecule has 0 aliphatic carbocycles. The van der Waals surface area contributed by atoms with Gasteiger partial charge in [0.15, 0.2) is 0 Å². The van der Waals surface area contributed by atoms with Gasteiger partial charge in [0.2, 0.25) is 25.4 Å². The summed E-state index contributed by atoms with van der Waals surface area (Å²) in [4.78, 5) is 11.7. The van der Waals surface area contributed by atoms with Crippen molar-refractivity contribution in [2.45, 2.75) is 45.7 Å². The van der Waals surface area contributed by atoms with Crippen molar-refractivity contribution in [1.29, 1.82) is 0 Å². The van der Waals surface area contributed by atoms with Crippen molar-refractivity contribution in [3.63, 3.8) is 0 Å². The van der Waals surface area contributed by atoms with Gasteiger partial charge in [-0.1, -0.05) is 25.1 Å². The number of carbonyl (C=O) groups excluding carboxylic acids is 1. The summed E-state index contributed by atoms with van der Waals surface area (Å²) < 4.78 is 11.5. The Morgan fingerprint density at radius 2 is 1.91 bits per heavy atom. The van der Waals surface area contributed by atoms with E-state index < -0.39 is 19.5 Å². The summed E-state index contributed by atoms with van der Waals surface area (Å²) in [6.45, 7) is 6.95. The van der Waals surface area contributed by atoms with Crippen molar-refractivity contribution in [2.24, 2.45) is 0 Å². The lowest BCUT2D eigenvalue weighted by molar-refractivity contribution is -0.120. The summed E-state index contributed by atoms with van der Waals surface area (Å²) in [7, 11) is -1.03. The molecule has 0 unspecified atom stereocenters. The molecule has 1 aromatic rings. The number of hydrogen-bond donors (Lipinski definition) is 1. The fraction of sp³-hybridized carbons (Fsp3) is 0.471. The summed E-state index contributed by atoms with van der Waals surface area (Å²) in [6.07, 6.45) is 7.35. The van der Waals surface area contributed by atoms with Gasteiger partial charge in [0.1, 0.15) is 11.5 Å². The van der Waals surface area contributed by atoms with Gasteiger partial charge < -0.3 is 14.2 Å². The van der Waals surface area contributed by atoms with Crippen molar-refractivity contribution in [3.05, 3.63) is 35.9 Å². The highest BCUT2D eigenvalue weighted by Crippen LogP contribution is 2.28. The molecule has 0 spiro atoms. The predicted octanol–water partition coefficient (Wildman–Crippen LogP) is 2.11. The van der Waals surface area contributed by atoms with Crippen LogP contribution in [0.15, 0.2) is 30.4 Å². The molecule has 0 saturated heterocycles. The first kappa shape index (κ1) is 19.5. The molecule has 0 fully saturated rings. The molecule has 0 heterocycles. The van der Waals surface area contributed by atoms with Crippen LogP contribution < -0.4 is 14.2 Å². The number of amides is 1. The molecule has 4 nitrogen and oxygen atoms in total. The molecule has 0 atom stereocenters. The van der Waals surface area contributed by atoms with Gasteiger partial charge in [0.05, 0.1) is 0 Å². The van der Waals surface area contributed by atoms with E-state index in [1.165, 1.54) is 5.56 Å². The van der Waals surface area contributed by atoms with Crippen molar-refractivity contribution >= 4 is 25.4 Å². The average molecular weight is 352 g/mol. The maximum Gasteiger partial charge on any atom is 0.220 e. The Hall–Kier alpha value is -1.54. The van der Waals surface area contributed by atoms with Crippen LogP contribution in [0.4, 0.5) is 0 Å². The first-order valence-electron chi connectivity index (χ1n) is 8.51. The van der Waals surface area contributed by atoms with Gasteiger partial charge in [0, 0.05) is 13.0 Å². The topological polar surface area (TPSA) is 47.6 Å².